The third-order valence-electron chi connectivity index (χ3n) is 3.10. The van der Waals surface area contributed by atoms with Crippen molar-refractivity contribution >= 4 is 40.5 Å². The fourth-order valence-electron chi connectivity index (χ4n) is 2.12. The van der Waals surface area contributed by atoms with E-state index < -0.39 is 11.9 Å². The van der Waals surface area contributed by atoms with Gasteiger partial charge in [-0.05, 0) is 29.1 Å². The first-order valence-corrected chi connectivity index (χ1v) is 6.97. The molecule has 0 unspecified atom stereocenters. The lowest BCUT2D eigenvalue weighted by molar-refractivity contribution is -0.115. The van der Waals surface area contributed by atoms with E-state index in [1.165, 1.54) is 0 Å². The van der Waals surface area contributed by atoms with Crippen LogP contribution in [-0.2, 0) is 11.2 Å². The number of hydrogen-bond acceptors (Lipinski definition) is 4. The molecule has 2 amide bonds. The second-order valence-electron chi connectivity index (χ2n) is 4.52. The second kappa shape index (κ2) is 5.02. The molecule has 3 N–H and O–H groups in total. The number of benzene rings is 1. The maximum absolute atomic E-state index is 12.2. The molecule has 0 bridgehead atoms. The van der Waals surface area contributed by atoms with Crippen molar-refractivity contribution in [2.24, 2.45) is 0 Å². The van der Waals surface area contributed by atoms with E-state index >= 15 is 0 Å². The van der Waals surface area contributed by atoms with Gasteiger partial charge in [0.1, 0.15) is 4.88 Å². The molecule has 2 aromatic rings. The molecule has 1 aliphatic rings. The van der Waals surface area contributed by atoms with E-state index in [2.05, 4.69) is 10.6 Å². The van der Waals surface area contributed by atoms with Gasteiger partial charge in [0.2, 0.25) is 5.91 Å². The van der Waals surface area contributed by atoms with Crippen LogP contribution in [0.4, 0.5) is 11.4 Å². The van der Waals surface area contributed by atoms with E-state index in [-0.39, 0.29) is 16.5 Å². The smallest absolute Gasteiger partial charge is 0.348 e. The summed E-state index contributed by atoms with van der Waals surface area (Å²) in [6, 6.07) is 6.46. The summed E-state index contributed by atoms with van der Waals surface area (Å²) in [5.74, 6) is -1.60. The average Bonchev–Trinajstić information content (AvgIpc) is 3.02. The molecule has 0 fully saturated rings. The lowest BCUT2D eigenvalue weighted by atomic mass is 10.1. The number of nitrogens with one attached hydrogen (secondary N) is 2. The molecule has 0 aliphatic carbocycles. The fourth-order valence-corrected chi connectivity index (χ4v) is 2.81. The van der Waals surface area contributed by atoms with Crippen molar-refractivity contribution in [2.45, 2.75) is 6.42 Å². The highest BCUT2D eigenvalue weighted by atomic mass is 32.1. The Morgan fingerprint density at radius 2 is 2.10 bits per heavy atom. The zero-order chi connectivity index (χ0) is 15.0. The number of carboxylic acid groups (broad SMARTS) is 1. The summed E-state index contributed by atoms with van der Waals surface area (Å²) in [5, 5.41) is 15.8. The highest BCUT2D eigenvalue weighted by Gasteiger charge is 2.20. The quantitative estimate of drug-likeness (QED) is 0.810. The SMILES string of the molecule is O=C1Cc2ccc(C(=O)Nc3ccsc3C(=O)O)cc2N1. The van der Waals surface area contributed by atoms with E-state index in [0.717, 1.165) is 16.9 Å². The van der Waals surface area contributed by atoms with Crippen molar-refractivity contribution in [3.05, 3.63) is 45.6 Å². The molecule has 1 aromatic carbocycles. The van der Waals surface area contributed by atoms with E-state index in [0.29, 0.717) is 17.7 Å². The van der Waals surface area contributed by atoms with E-state index in [9.17, 15) is 14.4 Å². The number of aromatic carboxylic acids is 1. The predicted octanol–water partition coefficient (Wildman–Crippen LogP) is 2.19. The number of anilines is 2. The lowest BCUT2D eigenvalue weighted by Crippen LogP contribution is -2.13. The number of carboxylic acids is 1. The molecule has 0 saturated heterocycles. The number of hydrogen-bond donors (Lipinski definition) is 3. The lowest BCUT2D eigenvalue weighted by Gasteiger charge is -2.06. The molecular weight excluding hydrogens is 292 g/mol. The molecule has 0 atom stereocenters. The number of carbonyl (C=O) groups excluding carboxylic acids is 2. The zero-order valence-corrected chi connectivity index (χ0v) is 11.5. The highest BCUT2D eigenvalue weighted by molar-refractivity contribution is 7.12. The van der Waals surface area contributed by atoms with Crippen molar-refractivity contribution in [1.82, 2.24) is 0 Å². The Labute approximate surface area is 123 Å². The summed E-state index contributed by atoms with van der Waals surface area (Å²) in [5.41, 5.74) is 2.09. The minimum atomic E-state index is -1.08. The molecule has 0 spiro atoms. The van der Waals surface area contributed by atoms with Gasteiger partial charge >= 0.3 is 5.97 Å². The first-order valence-electron chi connectivity index (χ1n) is 6.09. The third kappa shape index (κ3) is 2.50. The second-order valence-corrected chi connectivity index (χ2v) is 5.44. The Balaban J connectivity index is 1.83. The molecule has 7 heteroatoms. The first-order chi connectivity index (χ1) is 10.0. The van der Waals surface area contributed by atoms with Gasteiger partial charge < -0.3 is 15.7 Å². The number of fused-ring (bicyclic) bond motifs is 1. The Morgan fingerprint density at radius 1 is 1.29 bits per heavy atom. The summed E-state index contributed by atoms with van der Waals surface area (Å²) >= 11 is 1.04. The van der Waals surface area contributed by atoms with Crippen LogP contribution in [-0.4, -0.2) is 22.9 Å². The normalized spacial score (nSPS) is 12.7. The standard InChI is InChI=1S/C14H10N2O4S/c17-11-6-7-1-2-8(5-10(7)15-11)13(18)16-9-3-4-21-12(9)14(19)20/h1-5H,6H2,(H,15,17)(H,16,18)(H,19,20). The third-order valence-corrected chi connectivity index (χ3v) is 4.01. The van der Waals surface area contributed by atoms with Gasteiger partial charge in [-0.1, -0.05) is 6.07 Å². The van der Waals surface area contributed by atoms with Crippen LogP contribution in [0.5, 0.6) is 0 Å². The summed E-state index contributed by atoms with van der Waals surface area (Å²) in [4.78, 5) is 34.5. The van der Waals surface area contributed by atoms with E-state index in [4.69, 9.17) is 5.11 Å². The first kappa shape index (κ1) is 13.3. The van der Waals surface area contributed by atoms with Crippen LogP contribution in [0, 0.1) is 0 Å². The topological polar surface area (TPSA) is 95.5 Å². The van der Waals surface area contributed by atoms with Gasteiger partial charge in [0, 0.05) is 11.3 Å². The van der Waals surface area contributed by atoms with Crippen LogP contribution >= 0.6 is 11.3 Å². The van der Waals surface area contributed by atoms with Gasteiger partial charge in [0.25, 0.3) is 5.91 Å². The molecule has 3 rings (SSSR count). The molecule has 6 nitrogen and oxygen atoms in total. The molecule has 0 radical (unpaired) electrons. The number of carbonyl (C=O) groups is 3. The van der Waals surface area contributed by atoms with Gasteiger partial charge in [-0.3, -0.25) is 9.59 Å². The van der Waals surface area contributed by atoms with Gasteiger partial charge in [0.05, 0.1) is 12.1 Å². The Hall–Kier alpha value is -2.67. The molecule has 0 saturated carbocycles. The van der Waals surface area contributed by atoms with Gasteiger partial charge in [-0.15, -0.1) is 11.3 Å². The van der Waals surface area contributed by atoms with Gasteiger partial charge in [-0.2, -0.15) is 0 Å². The minimum absolute atomic E-state index is 0.0813. The Bertz CT molecular complexity index is 766. The highest BCUT2D eigenvalue weighted by Crippen LogP contribution is 2.26. The minimum Gasteiger partial charge on any atom is -0.477 e. The molecule has 1 aromatic heterocycles. The van der Waals surface area contributed by atoms with Crippen LogP contribution in [0.3, 0.4) is 0 Å². The number of thiophene rings is 1. The van der Waals surface area contributed by atoms with Gasteiger partial charge in [-0.25, -0.2) is 4.79 Å². The van der Waals surface area contributed by atoms with Crippen LogP contribution in [0.15, 0.2) is 29.6 Å². The summed E-state index contributed by atoms with van der Waals surface area (Å²) in [6.07, 6.45) is 0.310. The summed E-state index contributed by atoms with van der Waals surface area (Å²) in [6.45, 7) is 0. The predicted molar refractivity (Wildman–Crippen MR) is 78.0 cm³/mol. The largest absolute Gasteiger partial charge is 0.477 e. The Kier molecular flexibility index (Phi) is 3.19. The van der Waals surface area contributed by atoms with Crippen LogP contribution in [0.25, 0.3) is 0 Å². The van der Waals surface area contributed by atoms with Crippen molar-refractivity contribution < 1.29 is 19.5 Å². The maximum atomic E-state index is 12.2. The molecule has 21 heavy (non-hydrogen) atoms. The maximum Gasteiger partial charge on any atom is 0.348 e. The zero-order valence-electron chi connectivity index (χ0n) is 10.7. The Morgan fingerprint density at radius 3 is 2.86 bits per heavy atom. The van der Waals surface area contributed by atoms with Gasteiger partial charge in [0.15, 0.2) is 0 Å². The van der Waals surface area contributed by atoms with Crippen LogP contribution in [0.1, 0.15) is 25.6 Å². The molecule has 2 heterocycles. The number of amides is 2. The average molecular weight is 302 g/mol. The summed E-state index contributed by atoms with van der Waals surface area (Å²) in [7, 11) is 0. The van der Waals surface area contributed by atoms with Crippen LogP contribution in [0.2, 0.25) is 0 Å². The molecular formula is C14H10N2O4S. The summed E-state index contributed by atoms with van der Waals surface area (Å²) < 4.78 is 0. The van der Waals surface area contributed by atoms with E-state index in [1.807, 2.05) is 0 Å². The molecule has 1 aliphatic heterocycles. The van der Waals surface area contributed by atoms with Crippen molar-refractivity contribution in [3.8, 4) is 0 Å². The van der Waals surface area contributed by atoms with Crippen molar-refractivity contribution in [1.29, 1.82) is 0 Å². The van der Waals surface area contributed by atoms with Crippen molar-refractivity contribution in [3.63, 3.8) is 0 Å². The van der Waals surface area contributed by atoms with E-state index in [1.54, 1.807) is 29.6 Å². The monoisotopic (exact) mass is 302 g/mol. The van der Waals surface area contributed by atoms with Crippen LogP contribution < -0.4 is 10.6 Å². The number of rotatable bonds is 3. The fraction of sp³-hybridized carbons (Fsp3) is 0.0714. The molecule has 106 valence electrons. The van der Waals surface area contributed by atoms with Crippen molar-refractivity contribution in [2.75, 3.05) is 10.6 Å².